The van der Waals surface area contributed by atoms with Crippen LogP contribution in [0.4, 0.5) is 0 Å². The first-order chi connectivity index (χ1) is 17.1. The van der Waals surface area contributed by atoms with E-state index in [1.807, 2.05) is 61.7 Å². The molecule has 3 rings (SSSR count). The highest BCUT2D eigenvalue weighted by atomic mass is 16.5. The Morgan fingerprint density at radius 3 is 2.33 bits per heavy atom. The van der Waals surface area contributed by atoms with Crippen LogP contribution in [-0.4, -0.2) is 45.9 Å². The number of hydrogen-bond acceptors (Lipinski definition) is 5. The lowest BCUT2D eigenvalue weighted by Crippen LogP contribution is -2.43. The Morgan fingerprint density at radius 2 is 1.75 bits per heavy atom. The van der Waals surface area contributed by atoms with Gasteiger partial charge in [-0.15, -0.1) is 0 Å². The first-order valence-corrected chi connectivity index (χ1v) is 11.8. The topological polar surface area (TPSA) is 141 Å². The molecule has 0 saturated carbocycles. The number of hydrogen-bond donors (Lipinski definition) is 3. The summed E-state index contributed by atoms with van der Waals surface area (Å²) in [4.78, 5) is 48.8. The number of carbonyl (C=O) groups excluding carboxylic acids is 3. The molecule has 0 unspecified atom stereocenters. The molecule has 0 spiro atoms. The molecule has 1 atom stereocenters. The molecule has 0 bridgehead atoms. The smallest absolute Gasteiger partial charge is 0.326 e. The van der Waals surface area contributed by atoms with Gasteiger partial charge in [0.2, 0.25) is 0 Å². The predicted molar refractivity (Wildman–Crippen MR) is 135 cm³/mol. The minimum absolute atomic E-state index is 0.0697. The van der Waals surface area contributed by atoms with Gasteiger partial charge >= 0.3 is 5.97 Å². The van der Waals surface area contributed by atoms with Crippen molar-refractivity contribution in [2.24, 2.45) is 11.7 Å². The SMILES string of the molecule is CCc1c(C(=O)C(N)=O)c2c(OCC(=O)N[C@@H](CC(C)C)C(=O)O)cccc2n1Cc1ccccc1. The minimum atomic E-state index is -1.13. The molecule has 2 amide bonds. The number of amides is 2. The summed E-state index contributed by atoms with van der Waals surface area (Å²) in [5.41, 5.74) is 7.81. The Labute approximate surface area is 209 Å². The van der Waals surface area contributed by atoms with Gasteiger partial charge in [-0.05, 0) is 36.5 Å². The molecule has 2 aromatic carbocycles. The molecular weight excluding hydrogens is 462 g/mol. The maximum Gasteiger partial charge on any atom is 0.326 e. The van der Waals surface area contributed by atoms with E-state index in [0.717, 1.165) is 5.56 Å². The van der Waals surface area contributed by atoms with Crippen LogP contribution < -0.4 is 15.8 Å². The average molecular weight is 494 g/mol. The highest BCUT2D eigenvalue weighted by Crippen LogP contribution is 2.35. The van der Waals surface area contributed by atoms with Gasteiger partial charge < -0.3 is 25.5 Å². The van der Waals surface area contributed by atoms with Crippen LogP contribution in [0.1, 0.15) is 48.8 Å². The molecule has 0 fully saturated rings. The third kappa shape index (κ3) is 5.91. The number of fused-ring (bicyclic) bond motifs is 1. The van der Waals surface area contributed by atoms with Gasteiger partial charge in [0, 0.05) is 12.2 Å². The van der Waals surface area contributed by atoms with Crippen molar-refractivity contribution < 1.29 is 29.0 Å². The minimum Gasteiger partial charge on any atom is -0.483 e. The van der Waals surface area contributed by atoms with E-state index in [4.69, 9.17) is 10.5 Å². The molecular formula is C27H31N3O6. The van der Waals surface area contributed by atoms with E-state index < -0.39 is 36.2 Å². The number of ether oxygens (including phenoxy) is 1. The van der Waals surface area contributed by atoms with Gasteiger partial charge in [-0.25, -0.2) is 4.79 Å². The van der Waals surface area contributed by atoms with Crippen molar-refractivity contribution in [3.63, 3.8) is 0 Å². The van der Waals surface area contributed by atoms with Gasteiger partial charge in [-0.2, -0.15) is 0 Å². The fourth-order valence-corrected chi connectivity index (χ4v) is 4.29. The summed E-state index contributed by atoms with van der Waals surface area (Å²) in [5.74, 6) is -3.37. The summed E-state index contributed by atoms with van der Waals surface area (Å²) >= 11 is 0. The van der Waals surface area contributed by atoms with Crippen LogP contribution in [0.25, 0.3) is 10.9 Å². The molecule has 1 heterocycles. The number of nitrogens with zero attached hydrogens (tertiary/aromatic N) is 1. The van der Waals surface area contributed by atoms with E-state index in [9.17, 15) is 24.3 Å². The molecule has 0 radical (unpaired) electrons. The number of aromatic nitrogens is 1. The number of carboxylic acid groups (broad SMARTS) is 1. The van der Waals surface area contributed by atoms with E-state index in [0.29, 0.717) is 29.6 Å². The fourth-order valence-electron chi connectivity index (χ4n) is 4.29. The lowest BCUT2D eigenvalue weighted by atomic mass is 10.0. The first kappa shape index (κ1) is 26.5. The van der Waals surface area contributed by atoms with Gasteiger partial charge in [-0.1, -0.05) is 57.2 Å². The molecule has 4 N–H and O–H groups in total. The van der Waals surface area contributed by atoms with Crippen LogP contribution in [0.2, 0.25) is 0 Å². The second-order valence-electron chi connectivity index (χ2n) is 8.97. The number of nitrogens with one attached hydrogen (secondary N) is 1. The normalized spacial score (nSPS) is 11.9. The van der Waals surface area contributed by atoms with E-state index >= 15 is 0 Å². The van der Waals surface area contributed by atoms with Gasteiger partial charge in [0.05, 0.1) is 16.5 Å². The summed E-state index contributed by atoms with van der Waals surface area (Å²) < 4.78 is 7.72. The zero-order chi connectivity index (χ0) is 26.4. The summed E-state index contributed by atoms with van der Waals surface area (Å²) in [5, 5.41) is 12.2. The Morgan fingerprint density at radius 1 is 1.06 bits per heavy atom. The monoisotopic (exact) mass is 493 g/mol. The number of rotatable bonds is 12. The van der Waals surface area contributed by atoms with Crippen molar-refractivity contribution >= 4 is 34.5 Å². The van der Waals surface area contributed by atoms with Crippen molar-refractivity contribution in [3.8, 4) is 5.75 Å². The van der Waals surface area contributed by atoms with Crippen LogP contribution in [0.5, 0.6) is 5.75 Å². The van der Waals surface area contributed by atoms with E-state index in [2.05, 4.69) is 5.32 Å². The highest BCUT2D eigenvalue weighted by Gasteiger charge is 2.28. The van der Waals surface area contributed by atoms with Crippen LogP contribution in [0.3, 0.4) is 0 Å². The second-order valence-corrected chi connectivity index (χ2v) is 8.97. The molecule has 0 aliphatic heterocycles. The molecule has 9 heteroatoms. The Bertz CT molecular complexity index is 1280. The number of primary amides is 1. The van der Waals surface area contributed by atoms with Crippen molar-refractivity contribution in [3.05, 3.63) is 65.4 Å². The molecule has 36 heavy (non-hydrogen) atoms. The molecule has 0 aliphatic carbocycles. The quantitative estimate of drug-likeness (QED) is 0.262. The van der Waals surface area contributed by atoms with Crippen LogP contribution in [0, 0.1) is 5.92 Å². The lowest BCUT2D eigenvalue weighted by molar-refractivity contribution is -0.142. The van der Waals surface area contributed by atoms with Gasteiger partial charge in [-0.3, -0.25) is 14.4 Å². The van der Waals surface area contributed by atoms with Crippen LogP contribution in [-0.2, 0) is 27.3 Å². The third-order valence-corrected chi connectivity index (χ3v) is 5.83. The molecule has 9 nitrogen and oxygen atoms in total. The number of ketones is 1. The number of carboxylic acids is 1. The second kappa shape index (κ2) is 11.5. The summed E-state index contributed by atoms with van der Waals surface area (Å²) in [6, 6.07) is 13.8. The van der Waals surface area contributed by atoms with Crippen molar-refractivity contribution in [2.75, 3.05) is 6.61 Å². The predicted octanol–water partition coefficient (Wildman–Crippen LogP) is 2.91. The number of Topliss-reactive ketones (excluding diaryl/α,β-unsaturated/α-hetero) is 1. The number of benzene rings is 2. The average Bonchev–Trinajstić information content (AvgIpc) is 3.15. The Hall–Kier alpha value is -4.14. The fraction of sp³-hybridized carbons (Fsp3) is 0.333. The third-order valence-electron chi connectivity index (χ3n) is 5.83. The van der Waals surface area contributed by atoms with E-state index in [-0.39, 0.29) is 23.7 Å². The van der Waals surface area contributed by atoms with Gasteiger partial charge in [0.1, 0.15) is 11.8 Å². The van der Waals surface area contributed by atoms with Crippen molar-refractivity contribution in [1.82, 2.24) is 9.88 Å². The van der Waals surface area contributed by atoms with Crippen molar-refractivity contribution in [1.29, 1.82) is 0 Å². The lowest BCUT2D eigenvalue weighted by Gasteiger charge is -2.17. The number of carbonyl (C=O) groups is 4. The molecule has 3 aromatic rings. The molecule has 190 valence electrons. The van der Waals surface area contributed by atoms with E-state index in [1.165, 1.54) is 0 Å². The Kier molecular flexibility index (Phi) is 8.47. The van der Waals surface area contributed by atoms with E-state index in [1.54, 1.807) is 12.1 Å². The maximum atomic E-state index is 12.9. The Balaban J connectivity index is 2.01. The maximum absolute atomic E-state index is 12.9. The summed E-state index contributed by atoms with van der Waals surface area (Å²) in [6.07, 6.45) is 0.724. The van der Waals surface area contributed by atoms with Gasteiger partial charge in [0.15, 0.2) is 6.61 Å². The summed E-state index contributed by atoms with van der Waals surface area (Å²) in [7, 11) is 0. The summed E-state index contributed by atoms with van der Waals surface area (Å²) in [6.45, 7) is 5.59. The molecule has 1 aromatic heterocycles. The highest BCUT2D eigenvalue weighted by molar-refractivity contribution is 6.45. The number of nitrogens with two attached hydrogens (primary N) is 1. The first-order valence-electron chi connectivity index (χ1n) is 11.8. The largest absolute Gasteiger partial charge is 0.483 e. The van der Waals surface area contributed by atoms with Crippen LogP contribution in [0.15, 0.2) is 48.5 Å². The molecule has 0 aliphatic rings. The zero-order valence-electron chi connectivity index (χ0n) is 20.6. The van der Waals surface area contributed by atoms with Crippen LogP contribution >= 0.6 is 0 Å². The van der Waals surface area contributed by atoms with Crippen molar-refractivity contribution in [2.45, 2.75) is 46.2 Å². The zero-order valence-corrected chi connectivity index (χ0v) is 20.6. The van der Waals surface area contributed by atoms with Gasteiger partial charge in [0.25, 0.3) is 17.6 Å². The molecule has 0 saturated heterocycles. The number of aliphatic carboxylic acids is 1. The standard InChI is InChI=1S/C27H31N3O6/c1-4-19-24(25(32)26(28)33)23-20(30(19)14-17-9-6-5-7-10-17)11-8-12-21(23)36-15-22(31)29-18(27(34)35)13-16(2)3/h5-12,16,18H,4,13-15H2,1-3H3,(H2,28,33)(H,29,31)(H,34,35)/t18-/m0/s1.